The third-order valence-corrected chi connectivity index (χ3v) is 5.90. The minimum Gasteiger partial charge on any atom is -0.392 e. The van der Waals surface area contributed by atoms with E-state index in [4.69, 9.17) is 4.52 Å². The van der Waals surface area contributed by atoms with Crippen LogP contribution in [0.4, 0.5) is 4.39 Å². The summed E-state index contributed by atoms with van der Waals surface area (Å²) in [5, 5.41) is 18.5. The summed E-state index contributed by atoms with van der Waals surface area (Å²) in [6, 6.07) is 13.8. The molecule has 0 unspecified atom stereocenters. The summed E-state index contributed by atoms with van der Waals surface area (Å²) in [6.45, 7) is 6.06. The first-order valence-electron chi connectivity index (χ1n) is 11.2. The van der Waals surface area contributed by atoms with E-state index in [0.717, 1.165) is 5.56 Å². The Bertz CT molecular complexity index is 1580. The molecular formula is C26H24FN5O3. The van der Waals surface area contributed by atoms with Gasteiger partial charge in [-0.05, 0) is 23.1 Å². The molecule has 8 nitrogen and oxygen atoms in total. The average Bonchev–Trinajstić information content (AvgIpc) is 3.45. The van der Waals surface area contributed by atoms with Crippen LogP contribution in [0.5, 0.6) is 0 Å². The largest absolute Gasteiger partial charge is 0.392 e. The topological polar surface area (TPSA) is 98.5 Å². The molecule has 0 radical (unpaired) electrons. The Morgan fingerprint density at radius 1 is 1.06 bits per heavy atom. The minimum absolute atomic E-state index is 0.0381. The van der Waals surface area contributed by atoms with Crippen molar-refractivity contribution in [3.05, 3.63) is 94.1 Å². The highest BCUT2D eigenvalue weighted by molar-refractivity contribution is 5.72. The molecule has 178 valence electrons. The maximum Gasteiger partial charge on any atom is 0.277 e. The lowest BCUT2D eigenvalue weighted by Crippen LogP contribution is -2.22. The average molecular weight is 474 g/mol. The zero-order chi connectivity index (χ0) is 24.7. The molecule has 1 N–H and O–H groups in total. The van der Waals surface area contributed by atoms with Crippen LogP contribution in [-0.2, 0) is 18.6 Å². The first kappa shape index (κ1) is 22.7. The molecule has 0 fully saturated rings. The fraction of sp³-hybridized carbons (Fsp3) is 0.231. The molecule has 9 heteroatoms. The van der Waals surface area contributed by atoms with Crippen LogP contribution < -0.4 is 5.56 Å². The maximum atomic E-state index is 13.7. The van der Waals surface area contributed by atoms with Gasteiger partial charge in [-0.25, -0.2) is 8.91 Å². The van der Waals surface area contributed by atoms with E-state index in [-0.39, 0.29) is 28.9 Å². The number of fused-ring (bicyclic) bond motifs is 1. The predicted molar refractivity (Wildman–Crippen MR) is 128 cm³/mol. The Morgan fingerprint density at radius 3 is 2.51 bits per heavy atom. The molecular weight excluding hydrogens is 449 g/mol. The normalized spacial score (nSPS) is 11.9. The van der Waals surface area contributed by atoms with Crippen LogP contribution in [0.2, 0.25) is 0 Å². The number of hydrogen-bond acceptors (Lipinski definition) is 6. The van der Waals surface area contributed by atoms with Crippen molar-refractivity contribution in [3.8, 4) is 22.6 Å². The number of hydrogen-bond donors (Lipinski definition) is 1. The van der Waals surface area contributed by atoms with Crippen molar-refractivity contribution in [1.82, 2.24) is 24.3 Å². The summed E-state index contributed by atoms with van der Waals surface area (Å²) in [7, 11) is 0. The highest BCUT2D eigenvalue weighted by Gasteiger charge is 2.19. The molecule has 0 aliphatic rings. The second-order valence-electron chi connectivity index (χ2n) is 9.36. The van der Waals surface area contributed by atoms with Crippen molar-refractivity contribution < 1.29 is 14.0 Å². The first-order valence-corrected chi connectivity index (χ1v) is 11.2. The van der Waals surface area contributed by atoms with Crippen molar-refractivity contribution in [2.24, 2.45) is 0 Å². The van der Waals surface area contributed by atoms with Gasteiger partial charge in [-0.15, -0.1) is 0 Å². The lowest BCUT2D eigenvalue weighted by atomic mass is 9.87. The van der Waals surface area contributed by atoms with E-state index < -0.39 is 12.4 Å². The fourth-order valence-electron chi connectivity index (χ4n) is 3.99. The van der Waals surface area contributed by atoms with E-state index in [1.807, 2.05) is 24.3 Å². The van der Waals surface area contributed by atoms with Gasteiger partial charge in [0, 0.05) is 29.1 Å². The zero-order valence-electron chi connectivity index (χ0n) is 19.6. The van der Waals surface area contributed by atoms with Crippen LogP contribution in [0, 0.1) is 5.82 Å². The summed E-state index contributed by atoms with van der Waals surface area (Å²) in [6.07, 6.45) is 3.15. The van der Waals surface area contributed by atoms with Crippen LogP contribution in [0.25, 0.3) is 28.2 Å². The molecule has 2 aromatic carbocycles. The Balaban J connectivity index is 1.47. The molecule has 0 amide bonds. The van der Waals surface area contributed by atoms with Gasteiger partial charge >= 0.3 is 0 Å². The third kappa shape index (κ3) is 4.26. The molecule has 5 rings (SSSR count). The van der Waals surface area contributed by atoms with Crippen molar-refractivity contribution in [2.75, 3.05) is 0 Å². The van der Waals surface area contributed by atoms with Gasteiger partial charge in [0.05, 0.1) is 12.3 Å². The van der Waals surface area contributed by atoms with Crippen molar-refractivity contribution in [1.29, 1.82) is 0 Å². The van der Waals surface area contributed by atoms with Gasteiger partial charge in [-0.1, -0.05) is 62.3 Å². The van der Waals surface area contributed by atoms with Crippen molar-refractivity contribution >= 4 is 5.52 Å². The molecule has 0 aliphatic heterocycles. The van der Waals surface area contributed by atoms with E-state index >= 15 is 0 Å². The van der Waals surface area contributed by atoms with E-state index in [9.17, 15) is 14.3 Å². The summed E-state index contributed by atoms with van der Waals surface area (Å²) < 4.78 is 21.9. The number of nitrogens with zero attached hydrogens (tertiary/aromatic N) is 5. The lowest BCUT2D eigenvalue weighted by molar-refractivity contribution is 0.283. The Hall–Kier alpha value is -4.11. The molecule has 0 saturated carbocycles. The molecule has 3 aromatic heterocycles. The fourth-order valence-corrected chi connectivity index (χ4v) is 3.99. The third-order valence-electron chi connectivity index (χ3n) is 5.90. The van der Waals surface area contributed by atoms with Gasteiger partial charge in [-0.2, -0.15) is 10.1 Å². The van der Waals surface area contributed by atoms with Crippen LogP contribution in [0.3, 0.4) is 0 Å². The molecule has 0 saturated heterocycles. The smallest absolute Gasteiger partial charge is 0.277 e. The number of aliphatic hydroxyl groups excluding tert-OH is 1. The second-order valence-corrected chi connectivity index (χ2v) is 9.36. The van der Waals surface area contributed by atoms with E-state index in [1.54, 1.807) is 24.5 Å². The molecule has 0 aliphatic carbocycles. The minimum atomic E-state index is -0.430. The van der Waals surface area contributed by atoms with Crippen LogP contribution in [-0.4, -0.2) is 29.4 Å². The summed E-state index contributed by atoms with van der Waals surface area (Å²) >= 11 is 0. The van der Waals surface area contributed by atoms with E-state index in [1.165, 1.54) is 26.8 Å². The Kier molecular flexibility index (Phi) is 5.56. The van der Waals surface area contributed by atoms with Crippen LogP contribution in [0.1, 0.15) is 37.8 Å². The second kappa shape index (κ2) is 8.59. The van der Waals surface area contributed by atoms with Gasteiger partial charge in [-0.3, -0.25) is 4.79 Å². The number of rotatable bonds is 5. The summed E-state index contributed by atoms with van der Waals surface area (Å²) in [5.41, 5.74) is 3.00. The van der Waals surface area contributed by atoms with E-state index in [0.29, 0.717) is 22.6 Å². The number of aliphatic hydroxyl groups is 1. The van der Waals surface area contributed by atoms with Crippen molar-refractivity contribution in [3.63, 3.8) is 0 Å². The molecule has 5 aromatic rings. The van der Waals surface area contributed by atoms with Crippen LogP contribution >= 0.6 is 0 Å². The highest BCUT2D eigenvalue weighted by atomic mass is 19.1. The van der Waals surface area contributed by atoms with Gasteiger partial charge in [0.1, 0.15) is 17.9 Å². The number of benzene rings is 2. The monoisotopic (exact) mass is 473 g/mol. The Morgan fingerprint density at radius 2 is 1.83 bits per heavy atom. The SMILES string of the molecule is CC(C)(C)c1ccc(-c2noc(Cn3ccn4nc(-c5cccc(F)c5)c(CO)c4c3=O)n2)cc1. The lowest BCUT2D eigenvalue weighted by Gasteiger charge is -2.18. The Labute approximate surface area is 200 Å². The molecule has 3 heterocycles. The number of aromatic nitrogens is 5. The molecule has 0 bridgehead atoms. The van der Waals surface area contributed by atoms with Gasteiger partial charge in [0.2, 0.25) is 11.7 Å². The van der Waals surface area contributed by atoms with Gasteiger partial charge in [0.15, 0.2) is 0 Å². The quantitative estimate of drug-likeness (QED) is 0.411. The van der Waals surface area contributed by atoms with E-state index in [2.05, 4.69) is 36.0 Å². The number of halogens is 1. The first-order chi connectivity index (χ1) is 16.7. The zero-order valence-corrected chi connectivity index (χ0v) is 19.6. The predicted octanol–water partition coefficient (Wildman–Crippen LogP) is 4.19. The summed E-state index contributed by atoms with van der Waals surface area (Å²) in [5.74, 6) is 0.270. The maximum absolute atomic E-state index is 13.7. The van der Waals surface area contributed by atoms with Gasteiger partial charge in [0.25, 0.3) is 5.56 Å². The van der Waals surface area contributed by atoms with Crippen LogP contribution in [0.15, 0.2) is 70.2 Å². The van der Waals surface area contributed by atoms with Gasteiger partial charge < -0.3 is 14.2 Å². The molecule has 35 heavy (non-hydrogen) atoms. The standard InChI is InChI=1S/C26H24FN5O3/c1-26(2,3)18-9-7-16(8-10-18)24-28-21(35-30-24)14-31-11-12-32-23(25(31)34)20(15-33)22(29-32)17-5-4-6-19(27)13-17/h4-13,33H,14-15H2,1-3H3. The molecule has 0 atom stereocenters. The summed E-state index contributed by atoms with van der Waals surface area (Å²) in [4.78, 5) is 17.7. The van der Waals surface area contributed by atoms with Crippen molar-refractivity contribution in [2.45, 2.75) is 39.3 Å². The molecule has 0 spiro atoms. The highest BCUT2D eigenvalue weighted by Crippen LogP contribution is 2.26.